The number of hydrogen-bond donors (Lipinski definition) is 6. The van der Waals surface area contributed by atoms with Gasteiger partial charge in [-0.2, -0.15) is 0 Å². The highest BCUT2D eigenvalue weighted by Crippen LogP contribution is 2.41. The van der Waals surface area contributed by atoms with Crippen LogP contribution in [0.1, 0.15) is 149 Å². The Morgan fingerprint density at radius 2 is 0.743 bits per heavy atom. The summed E-state index contributed by atoms with van der Waals surface area (Å²) >= 11 is 0. The molecule has 2 saturated carbocycles. The highest BCUT2D eigenvalue weighted by atomic mass is 16.4. The van der Waals surface area contributed by atoms with Crippen molar-refractivity contribution < 1.29 is 69.0 Å². The zero-order chi connectivity index (χ0) is 52.5. The van der Waals surface area contributed by atoms with Crippen LogP contribution in [0.25, 0.3) is 0 Å². The lowest BCUT2D eigenvalue weighted by Gasteiger charge is -2.42. The second kappa shape index (κ2) is 21.8. The summed E-state index contributed by atoms with van der Waals surface area (Å²) in [6.45, 7) is -0.717. The van der Waals surface area contributed by atoms with Crippen molar-refractivity contribution in [1.82, 2.24) is 19.6 Å². The molecule has 4 aromatic rings. The third-order valence-electron chi connectivity index (χ3n) is 16.2. The fourth-order valence-corrected chi connectivity index (χ4v) is 12.2. The Morgan fingerprint density at radius 3 is 1.04 bits per heavy atom. The van der Waals surface area contributed by atoms with E-state index in [-0.39, 0.29) is 51.3 Å². The minimum absolute atomic E-state index is 0.0844. The molecular formula is C56H60N4O14. The number of hydrogen-bond acceptors (Lipinski definition) is 12. The van der Waals surface area contributed by atoms with E-state index in [9.17, 15) is 69.0 Å². The van der Waals surface area contributed by atoms with E-state index in [1.54, 1.807) is 82.6 Å². The molecule has 74 heavy (non-hydrogen) atoms. The van der Waals surface area contributed by atoms with Gasteiger partial charge in [0.1, 0.15) is 0 Å². The van der Waals surface area contributed by atoms with Gasteiger partial charge < -0.3 is 40.4 Å². The molecule has 10 rings (SSSR count). The zero-order valence-electron chi connectivity index (χ0n) is 40.9. The molecule has 1 unspecified atom stereocenters. The molecule has 6 amide bonds. The summed E-state index contributed by atoms with van der Waals surface area (Å²) in [6.07, 6.45) is 5.82. The van der Waals surface area contributed by atoms with Gasteiger partial charge in [0.2, 0.25) is 11.8 Å². The van der Waals surface area contributed by atoms with Crippen molar-refractivity contribution in [3.8, 4) is 0 Å². The molecule has 6 atom stereocenters. The average Bonchev–Trinajstić information content (AvgIpc) is 3.81. The summed E-state index contributed by atoms with van der Waals surface area (Å²) in [4.78, 5) is 110. The van der Waals surface area contributed by atoms with Crippen molar-refractivity contribution in [1.29, 1.82) is 0 Å². The lowest BCUT2D eigenvalue weighted by Crippen LogP contribution is -2.50. The monoisotopic (exact) mass is 1010 g/mol. The third-order valence-corrected chi connectivity index (χ3v) is 16.2. The average molecular weight is 1010 g/mol. The zero-order valence-corrected chi connectivity index (χ0v) is 40.9. The van der Waals surface area contributed by atoms with Gasteiger partial charge in [0.05, 0.1) is 97.5 Å². The van der Waals surface area contributed by atoms with E-state index in [0.717, 1.165) is 46.6 Å². The fraction of sp³-hybridized carbons (Fsp3) is 0.429. The minimum Gasteiger partial charge on any atom is -0.481 e. The van der Waals surface area contributed by atoms with Crippen molar-refractivity contribution in [3.05, 3.63) is 140 Å². The first kappa shape index (κ1) is 51.8. The number of rotatable bonds is 12. The standard InChI is InChI=1S/2C28H30N2O7/c2*31-14-17-11-16-9-10-29(25(33)21-7-3-4-8-22(21)28(36)37)24(23(16)12-18(17)15-32)13-30-26(34)19-5-1-2-6-20(19)27(30)35/h2*1-2,5-6,11-12,21-22,24,31-32H,3-4,7-10,13-15H2,(H,36,37)/t21?,22-,24-;21-,22+,24+/m10/s1. The first-order chi connectivity index (χ1) is 35.7. The molecule has 6 aliphatic rings. The highest BCUT2D eigenvalue weighted by Gasteiger charge is 2.47. The van der Waals surface area contributed by atoms with E-state index in [1.807, 2.05) is 0 Å². The van der Waals surface area contributed by atoms with Crippen molar-refractivity contribution in [2.75, 3.05) is 26.2 Å². The number of carbonyl (C=O) groups excluding carboxylic acids is 6. The SMILES string of the molecule is O=C(O)[C@@H]1CCCCC1C(=O)N1CCc2cc(CO)c(CO)cc2[C@H]1CN1C(=O)c2ccccc2C1=O.O=C(O)[C@@H]1CCCC[C@@H]1C(=O)N1CCc2cc(CO)c(CO)cc2[C@H]1CN1C(=O)c2ccccc2C1=O. The Bertz CT molecular complexity index is 2670. The van der Waals surface area contributed by atoms with Crippen LogP contribution in [0.2, 0.25) is 0 Å². The molecule has 2 aliphatic carbocycles. The number of fused-ring (bicyclic) bond motifs is 4. The molecule has 4 heterocycles. The van der Waals surface area contributed by atoms with E-state index in [4.69, 9.17) is 0 Å². The van der Waals surface area contributed by atoms with Gasteiger partial charge in [-0.05, 0) is 107 Å². The second-order valence-corrected chi connectivity index (χ2v) is 20.1. The first-order valence-electron chi connectivity index (χ1n) is 25.4. The Kier molecular flexibility index (Phi) is 15.2. The molecule has 0 aromatic heterocycles. The third kappa shape index (κ3) is 9.51. The molecule has 0 spiro atoms. The van der Waals surface area contributed by atoms with Crippen molar-refractivity contribution in [2.45, 2.75) is 103 Å². The van der Waals surface area contributed by atoms with Crippen LogP contribution in [-0.4, -0.2) is 124 Å². The van der Waals surface area contributed by atoms with Crippen LogP contribution in [0.4, 0.5) is 0 Å². The molecule has 18 heteroatoms. The summed E-state index contributed by atoms with van der Waals surface area (Å²) in [5.41, 5.74) is 6.54. The number of aliphatic hydroxyl groups excluding tert-OH is 4. The molecule has 2 fully saturated rings. The maximum Gasteiger partial charge on any atom is 0.307 e. The van der Waals surface area contributed by atoms with Crippen molar-refractivity contribution in [3.63, 3.8) is 0 Å². The molecular weight excluding hydrogens is 953 g/mol. The Hall–Kier alpha value is -7.12. The Balaban J connectivity index is 0.000000182. The smallest absolute Gasteiger partial charge is 0.307 e. The van der Waals surface area contributed by atoms with Crippen LogP contribution < -0.4 is 0 Å². The second-order valence-electron chi connectivity index (χ2n) is 20.1. The molecule has 4 aliphatic heterocycles. The van der Waals surface area contributed by atoms with E-state index >= 15 is 0 Å². The van der Waals surface area contributed by atoms with Crippen molar-refractivity contribution >= 4 is 47.4 Å². The lowest BCUT2D eigenvalue weighted by atomic mass is 9.77. The summed E-state index contributed by atoms with van der Waals surface area (Å²) in [5.74, 6) is -7.16. The van der Waals surface area contributed by atoms with Gasteiger partial charge >= 0.3 is 11.9 Å². The Morgan fingerprint density at radius 1 is 0.446 bits per heavy atom. The first-order valence-corrected chi connectivity index (χ1v) is 25.4. The van der Waals surface area contributed by atoms with Gasteiger partial charge in [0.15, 0.2) is 0 Å². The summed E-state index contributed by atoms with van der Waals surface area (Å²) < 4.78 is 0. The number of imide groups is 2. The lowest BCUT2D eigenvalue weighted by molar-refractivity contribution is -0.153. The Labute approximate surface area is 426 Å². The summed E-state index contributed by atoms with van der Waals surface area (Å²) in [6, 6.07) is 18.9. The summed E-state index contributed by atoms with van der Waals surface area (Å²) in [7, 11) is 0. The quantitative estimate of drug-likeness (QED) is 0.106. The van der Waals surface area contributed by atoms with Crippen LogP contribution in [0.5, 0.6) is 0 Å². The van der Waals surface area contributed by atoms with E-state index in [2.05, 4.69) is 0 Å². The number of carboxylic acids is 2. The van der Waals surface area contributed by atoms with Crippen LogP contribution in [0, 0.1) is 23.7 Å². The normalized spacial score (nSPS) is 23.1. The van der Waals surface area contributed by atoms with E-state index in [1.165, 1.54) is 0 Å². The van der Waals surface area contributed by atoms with Crippen LogP contribution in [-0.2, 0) is 58.4 Å². The number of benzene rings is 4. The van der Waals surface area contributed by atoms with Crippen molar-refractivity contribution in [2.24, 2.45) is 23.7 Å². The molecule has 4 aromatic carbocycles. The number of nitrogens with zero attached hydrogens (tertiary/aromatic N) is 4. The molecule has 0 saturated heterocycles. The minimum atomic E-state index is -0.984. The highest BCUT2D eigenvalue weighted by molar-refractivity contribution is 6.22. The number of carbonyl (C=O) groups is 8. The van der Waals surface area contributed by atoms with Gasteiger partial charge in [-0.1, -0.05) is 74.2 Å². The predicted molar refractivity (Wildman–Crippen MR) is 263 cm³/mol. The topological polar surface area (TPSA) is 271 Å². The van der Waals surface area contributed by atoms with E-state index in [0.29, 0.717) is 107 Å². The fourth-order valence-electron chi connectivity index (χ4n) is 12.2. The largest absolute Gasteiger partial charge is 0.481 e. The summed E-state index contributed by atoms with van der Waals surface area (Å²) in [5, 5.41) is 59.0. The van der Waals surface area contributed by atoms with Crippen LogP contribution >= 0.6 is 0 Å². The number of carboxylic acid groups (broad SMARTS) is 2. The maximum atomic E-state index is 13.9. The maximum absolute atomic E-state index is 13.9. The van der Waals surface area contributed by atoms with Crippen LogP contribution in [0.15, 0.2) is 72.8 Å². The number of aliphatic hydroxyl groups is 4. The van der Waals surface area contributed by atoms with Gasteiger partial charge in [-0.25, -0.2) is 0 Å². The molecule has 18 nitrogen and oxygen atoms in total. The molecule has 0 bridgehead atoms. The van der Waals surface area contributed by atoms with Crippen LogP contribution in [0.3, 0.4) is 0 Å². The van der Waals surface area contributed by atoms with Gasteiger partial charge in [-0.3, -0.25) is 48.2 Å². The molecule has 388 valence electrons. The van der Waals surface area contributed by atoms with Gasteiger partial charge in [0, 0.05) is 13.1 Å². The number of aliphatic carboxylic acids is 2. The molecule has 0 radical (unpaired) electrons. The predicted octanol–water partition coefficient (Wildman–Crippen LogP) is 4.57. The molecule has 6 N–H and O–H groups in total. The van der Waals surface area contributed by atoms with E-state index < -0.39 is 71.3 Å². The van der Waals surface area contributed by atoms with Gasteiger partial charge in [-0.15, -0.1) is 0 Å². The van der Waals surface area contributed by atoms with Gasteiger partial charge in [0.25, 0.3) is 23.6 Å². The number of amides is 6.